The van der Waals surface area contributed by atoms with Gasteiger partial charge in [-0.3, -0.25) is 4.79 Å². The van der Waals surface area contributed by atoms with Crippen molar-refractivity contribution >= 4 is 5.91 Å². The van der Waals surface area contributed by atoms with E-state index in [1.807, 2.05) is 6.08 Å². The quantitative estimate of drug-likeness (QED) is 0.0220. The highest BCUT2D eigenvalue weighted by Gasteiger charge is 2.51. The standard InChI is InChI=1S/C54H93NO13/c1-3-5-7-9-11-13-15-17-19-20-21-22-24-25-27-29-31-33-35-37-43(58)42(55-46(59)38-36-34-32-30-28-26-23-18-16-14-12-10-8-6-4-2)41-65-53-51(64)49(62)52(45(40-57)67-53)68-54-50(63)48(61)47(60)44(39-56)66-54/h6,8,12,14,18,23,27-30,35,37,42-45,47-54,56-58,60-64H,3-5,7,9-11,13,15-17,19-22,24-26,31-34,36,38-41H2,1-2H3,(H,55,59)/b8-6-,14-12-,23-18-,29-27+,30-28-,37-35+. The Balaban J connectivity index is 1.88. The van der Waals surface area contributed by atoms with Crippen molar-refractivity contribution in [3.63, 3.8) is 0 Å². The van der Waals surface area contributed by atoms with Gasteiger partial charge in [-0.25, -0.2) is 0 Å². The molecule has 0 saturated carbocycles. The fraction of sp³-hybridized carbons (Fsp3) is 0.759. The fourth-order valence-electron chi connectivity index (χ4n) is 8.12. The zero-order valence-corrected chi connectivity index (χ0v) is 41.6. The smallest absolute Gasteiger partial charge is 0.220 e. The minimum atomic E-state index is -1.80. The molecule has 12 atom stereocenters. The fourth-order valence-corrected chi connectivity index (χ4v) is 8.12. The average molecular weight is 964 g/mol. The Labute approximate surface area is 408 Å². The van der Waals surface area contributed by atoms with Gasteiger partial charge in [0, 0.05) is 6.42 Å². The molecular weight excluding hydrogens is 871 g/mol. The first-order valence-electron chi connectivity index (χ1n) is 26.2. The molecule has 0 aromatic heterocycles. The van der Waals surface area contributed by atoms with Crippen LogP contribution in [0.1, 0.15) is 168 Å². The van der Waals surface area contributed by atoms with Gasteiger partial charge in [0.25, 0.3) is 0 Å². The van der Waals surface area contributed by atoms with Crippen molar-refractivity contribution in [3.8, 4) is 0 Å². The van der Waals surface area contributed by atoms with E-state index in [0.717, 1.165) is 51.4 Å². The highest BCUT2D eigenvalue weighted by molar-refractivity contribution is 5.76. The Hall–Kier alpha value is -2.57. The van der Waals surface area contributed by atoms with E-state index >= 15 is 0 Å². The van der Waals surface area contributed by atoms with E-state index in [-0.39, 0.29) is 18.9 Å². The van der Waals surface area contributed by atoms with Crippen LogP contribution in [0.3, 0.4) is 0 Å². The van der Waals surface area contributed by atoms with E-state index in [4.69, 9.17) is 18.9 Å². The van der Waals surface area contributed by atoms with Crippen LogP contribution >= 0.6 is 0 Å². The highest BCUT2D eigenvalue weighted by atomic mass is 16.7. The SMILES string of the molecule is CC/C=C\C/C=C\C/C=C\C/C=C\CCCCC(=O)NC(COC1OC(CO)C(OC2OC(CO)C(O)C(O)C2O)C(O)C1O)C(O)/C=C/CC/C=C/CCCCCCCCCCCCCCC. The molecule has 2 heterocycles. The van der Waals surface area contributed by atoms with Crippen molar-refractivity contribution in [2.75, 3.05) is 19.8 Å². The molecule has 2 saturated heterocycles. The third-order valence-corrected chi connectivity index (χ3v) is 12.4. The first kappa shape index (κ1) is 61.5. The van der Waals surface area contributed by atoms with Gasteiger partial charge in [0.15, 0.2) is 12.6 Å². The van der Waals surface area contributed by atoms with Gasteiger partial charge in [-0.2, -0.15) is 0 Å². The molecule has 14 nitrogen and oxygen atoms in total. The molecule has 0 aromatic carbocycles. The number of nitrogens with one attached hydrogen (secondary N) is 1. The summed E-state index contributed by atoms with van der Waals surface area (Å²) in [6.45, 7) is 2.61. The maximum atomic E-state index is 13.2. The minimum absolute atomic E-state index is 0.218. The van der Waals surface area contributed by atoms with Gasteiger partial charge < -0.3 is 65.1 Å². The van der Waals surface area contributed by atoms with E-state index in [1.54, 1.807) is 6.08 Å². The average Bonchev–Trinajstić information content (AvgIpc) is 3.34. The van der Waals surface area contributed by atoms with Crippen LogP contribution in [0.5, 0.6) is 0 Å². The molecule has 2 aliphatic heterocycles. The number of unbranched alkanes of at least 4 members (excludes halogenated alkanes) is 16. The van der Waals surface area contributed by atoms with Crippen LogP contribution in [0.15, 0.2) is 72.9 Å². The number of carbonyl (C=O) groups excluding carboxylic acids is 1. The molecule has 2 aliphatic rings. The van der Waals surface area contributed by atoms with Crippen LogP contribution in [-0.4, -0.2) is 140 Å². The summed E-state index contributed by atoms with van der Waals surface area (Å²) in [6, 6.07) is -0.956. The Morgan fingerprint density at radius 1 is 0.544 bits per heavy atom. The third kappa shape index (κ3) is 26.6. The molecule has 392 valence electrons. The largest absolute Gasteiger partial charge is 0.394 e. The molecule has 2 rings (SSSR count). The van der Waals surface area contributed by atoms with Crippen LogP contribution in [0.2, 0.25) is 0 Å². The van der Waals surface area contributed by atoms with Crippen LogP contribution in [-0.2, 0) is 23.7 Å². The lowest BCUT2D eigenvalue weighted by Gasteiger charge is -2.46. The first-order chi connectivity index (χ1) is 33.1. The van der Waals surface area contributed by atoms with E-state index < -0.39 is 86.8 Å². The second-order valence-corrected chi connectivity index (χ2v) is 18.3. The number of aliphatic hydroxyl groups excluding tert-OH is 8. The van der Waals surface area contributed by atoms with Gasteiger partial charge in [-0.1, -0.05) is 164 Å². The van der Waals surface area contributed by atoms with Crippen LogP contribution in [0.25, 0.3) is 0 Å². The Morgan fingerprint density at radius 3 is 1.62 bits per heavy atom. The summed E-state index contributed by atoms with van der Waals surface area (Å²) in [5, 5.41) is 86.7. The number of ether oxygens (including phenoxy) is 4. The van der Waals surface area contributed by atoms with Gasteiger partial charge in [-0.15, -0.1) is 0 Å². The van der Waals surface area contributed by atoms with E-state index in [0.29, 0.717) is 12.8 Å². The van der Waals surface area contributed by atoms with Crippen LogP contribution < -0.4 is 5.32 Å². The molecule has 14 heteroatoms. The lowest BCUT2D eigenvalue weighted by molar-refractivity contribution is -0.359. The first-order valence-corrected chi connectivity index (χ1v) is 26.2. The second kappa shape index (κ2) is 40.1. The van der Waals surface area contributed by atoms with Gasteiger partial charge in [0.1, 0.15) is 48.8 Å². The Kier molecular flexibility index (Phi) is 36.3. The Bertz CT molecular complexity index is 1420. The zero-order valence-electron chi connectivity index (χ0n) is 41.6. The highest BCUT2D eigenvalue weighted by Crippen LogP contribution is 2.30. The molecule has 0 aliphatic carbocycles. The molecule has 12 unspecified atom stereocenters. The van der Waals surface area contributed by atoms with Crippen LogP contribution in [0.4, 0.5) is 0 Å². The summed E-state index contributed by atoms with van der Waals surface area (Å²) in [7, 11) is 0. The van der Waals surface area contributed by atoms with Crippen molar-refractivity contribution in [3.05, 3.63) is 72.9 Å². The molecule has 0 aromatic rings. The summed E-state index contributed by atoms with van der Waals surface area (Å²) in [5.41, 5.74) is 0. The summed E-state index contributed by atoms with van der Waals surface area (Å²) in [5.74, 6) is -0.293. The summed E-state index contributed by atoms with van der Waals surface area (Å²) < 4.78 is 22.7. The molecule has 0 radical (unpaired) electrons. The van der Waals surface area contributed by atoms with E-state index in [1.165, 1.54) is 83.5 Å². The van der Waals surface area contributed by atoms with Crippen LogP contribution in [0, 0.1) is 0 Å². The van der Waals surface area contributed by atoms with Crippen molar-refractivity contribution < 1.29 is 64.6 Å². The van der Waals surface area contributed by atoms with Gasteiger partial charge in [-0.05, 0) is 70.6 Å². The predicted octanol–water partition coefficient (Wildman–Crippen LogP) is 7.21. The summed E-state index contributed by atoms with van der Waals surface area (Å²) >= 11 is 0. The summed E-state index contributed by atoms with van der Waals surface area (Å²) in [4.78, 5) is 13.2. The van der Waals surface area contributed by atoms with Crippen molar-refractivity contribution in [2.24, 2.45) is 0 Å². The number of amides is 1. The number of hydrogen-bond donors (Lipinski definition) is 9. The van der Waals surface area contributed by atoms with Gasteiger partial charge in [0.05, 0.1) is 32.0 Å². The maximum absolute atomic E-state index is 13.2. The molecular formula is C54H93NO13. The Morgan fingerprint density at radius 2 is 1.03 bits per heavy atom. The normalized spacial score (nSPS) is 27.0. The monoisotopic (exact) mass is 964 g/mol. The summed E-state index contributed by atoms with van der Waals surface area (Å²) in [6.07, 6.45) is 33.8. The molecule has 0 spiro atoms. The molecule has 0 bridgehead atoms. The topological polar surface area (TPSA) is 228 Å². The molecule has 9 N–H and O–H groups in total. The maximum Gasteiger partial charge on any atom is 0.220 e. The van der Waals surface area contributed by atoms with Crippen molar-refractivity contribution in [1.82, 2.24) is 5.32 Å². The number of hydrogen-bond acceptors (Lipinski definition) is 13. The lowest BCUT2D eigenvalue weighted by atomic mass is 9.97. The lowest BCUT2D eigenvalue weighted by Crippen LogP contribution is -2.65. The molecule has 1 amide bonds. The van der Waals surface area contributed by atoms with Gasteiger partial charge >= 0.3 is 0 Å². The van der Waals surface area contributed by atoms with Crippen molar-refractivity contribution in [2.45, 2.75) is 242 Å². The van der Waals surface area contributed by atoms with Crippen molar-refractivity contribution in [1.29, 1.82) is 0 Å². The molecule has 2 fully saturated rings. The third-order valence-electron chi connectivity index (χ3n) is 12.4. The van der Waals surface area contributed by atoms with E-state index in [2.05, 4.69) is 79.9 Å². The predicted molar refractivity (Wildman–Crippen MR) is 267 cm³/mol. The second-order valence-electron chi connectivity index (χ2n) is 18.3. The number of aliphatic hydroxyl groups is 8. The van der Waals surface area contributed by atoms with E-state index in [9.17, 15) is 45.6 Å². The minimum Gasteiger partial charge on any atom is -0.394 e. The zero-order chi connectivity index (χ0) is 49.6. The molecule has 68 heavy (non-hydrogen) atoms. The number of carbonyl (C=O) groups is 1. The van der Waals surface area contributed by atoms with Gasteiger partial charge in [0.2, 0.25) is 5.91 Å². The number of rotatable bonds is 39. The number of allylic oxidation sites excluding steroid dienone is 11.